The van der Waals surface area contributed by atoms with Crippen molar-refractivity contribution >= 4 is 50.7 Å². The number of nitrogens with zero attached hydrogens (tertiary/aromatic N) is 1. The lowest BCUT2D eigenvalue weighted by Crippen LogP contribution is -2.34. The van der Waals surface area contributed by atoms with Gasteiger partial charge in [-0.05, 0) is 74.4 Å². The fourth-order valence-corrected chi connectivity index (χ4v) is 6.80. The second-order valence-corrected chi connectivity index (χ2v) is 11.7. The van der Waals surface area contributed by atoms with E-state index in [1.54, 1.807) is 32.0 Å². The van der Waals surface area contributed by atoms with Crippen molar-refractivity contribution in [3.05, 3.63) is 68.8 Å². The molecule has 0 radical (unpaired) electrons. The number of benzene rings is 2. The predicted octanol–water partition coefficient (Wildman–Crippen LogP) is 5.61. The van der Waals surface area contributed by atoms with Gasteiger partial charge in [0.15, 0.2) is 17.0 Å². The molecule has 9 heteroatoms. The lowest BCUT2D eigenvalue weighted by molar-refractivity contribution is -0.122. The minimum atomic E-state index is -0.577. The van der Waals surface area contributed by atoms with Crippen molar-refractivity contribution < 1.29 is 14.3 Å². The number of carbonyl (C=O) groups excluding carboxylic acids is 2. The first-order valence-electron chi connectivity index (χ1n) is 12.3. The molecule has 6 rings (SSSR count). The Kier molecular flexibility index (Phi) is 6.12. The van der Waals surface area contributed by atoms with Crippen LogP contribution in [0.5, 0.6) is 5.75 Å². The summed E-state index contributed by atoms with van der Waals surface area (Å²) in [7, 11) is 0. The van der Waals surface area contributed by atoms with E-state index >= 15 is 0 Å². The second kappa shape index (κ2) is 9.46. The summed E-state index contributed by atoms with van der Waals surface area (Å²) >= 11 is 2.65. The minimum Gasteiger partial charge on any atom is -0.479 e. The lowest BCUT2D eigenvalue weighted by Gasteiger charge is -2.23. The molecule has 2 aromatic heterocycles. The molecule has 1 amide bonds. The first-order chi connectivity index (χ1) is 17.9. The number of fused-ring (bicyclic) bond motifs is 3. The second-order valence-electron chi connectivity index (χ2n) is 9.48. The molecule has 0 fully saturated rings. The van der Waals surface area contributed by atoms with E-state index in [2.05, 4.69) is 33.5 Å². The average molecular weight is 532 g/mol. The van der Waals surface area contributed by atoms with Crippen LogP contribution in [0, 0.1) is 0 Å². The smallest absolute Gasteiger partial charge is 0.265 e. The summed E-state index contributed by atoms with van der Waals surface area (Å²) in [5, 5.41) is 5.25. The highest BCUT2D eigenvalue weighted by Gasteiger charge is 2.26. The van der Waals surface area contributed by atoms with Gasteiger partial charge < -0.3 is 15.0 Å². The van der Waals surface area contributed by atoms with Crippen molar-refractivity contribution in [3.63, 3.8) is 0 Å². The highest BCUT2D eigenvalue weighted by Crippen LogP contribution is 2.35. The molecule has 0 saturated heterocycles. The largest absolute Gasteiger partial charge is 0.479 e. The number of rotatable bonds is 5. The van der Waals surface area contributed by atoms with E-state index in [9.17, 15) is 14.4 Å². The maximum Gasteiger partial charge on any atom is 0.265 e. The lowest BCUT2D eigenvalue weighted by atomic mass is 9.89. The number of ketones is 1. The number of aryl methyl sites for hydroxylation is 2. The molecule has 0 saturated carbocycles. The molecular formula is C28H25N3O4S2. The van der Waals surface area contributed by atoms with Crippen molar-refractivity contribution in [1.29, 1.82) is 0 Å². The highest BCUT2D eigenvalue weighted by molar-refractivity contribution is 8.00. The Labute approximate surface area is 221 Å². The Balaban J connectivity index is 1.24. The van der Waals surface area contributed by atoms with Crippen LogP contribution in [0.15, 0.2) is 51.7 Å². The van der Waals surface area contributed by atoms with Gasteiger partial charge in [0.1, 0.15) is 10.6 Å². The highest BCUT2D eigenvalue weighted by atomic mass is 32.2. The quantitative estimate of drug-likeness (QED) is 0.197. The number of aromatic nitrogens is 2. The summed E-state index contributed by atoms with van der Waals surface area (Å²) < 4.78 is 5.57. The number of carbonyl (C=O) groups is 2. The first kappa shape index (κ1) is 23.9. The Bertz CT molecular complexity index is 1620. The van der Waals surface area contributed by atoms with Gasteiger partial charge >= 0.3 is 0 Å². The number of thiophene rings is 1. The summed E-state index contributed by atoms with van der Waals surface area (Å²) in [4.78, 5) is 46.4. The Morgan fingerprint density at radius 1 is 1.14 bits per heavy atom. The van der Waals surface area contributed by atoms with Crippen LogP contribution in [0.2, 0.25) is 0 Å². The maximum atomic E-state index is 13.1. The van der Waals surface area contributed by atoms with Crippen LogP contribution in [-0.4, -0.2) is 33.0 Å². The van der Waals surface area contributed by atoms with Gasteiger partial charge in [-0.15, -0.1) is 11.3 Å². The fourth-order valence-electron chi connectivity index (χ4n) is 4.92. The molecule has 1 aliphatic carbocycles. The zero-order chi connectivity index (χ0) is 25.7. The molecule has 0 spiro atoms. The van der Waals surface area contributed by atoms with Gasteiger partial charge in [0.05, 0.1) is 16.3 Å². The summed E-state index contributed by atoms with van der Waals surface area (Å²) in [5.74, 6) is 0.150. The zero-order valence-corrected chi connectivity index (χ0v) is 22.1. The minimum absolute atomic E-state index is 0.135. The van der Waals surface area contributed by atoms with Gasteiger partial charge in [0.2, 0.25) is 0 Å². The summed E-state index contributed by atoms with van der Waals surface area (Å²) in [6.07, 6.45) is 4.05. The third-order valence-corrected chi connectivity index (χ3v) is 8.79. The summed E-state index contributed by atoms with van der Waals surface area (Å²) in [6.45, 7) is 3.45. The van der Waals surface area contributed by atoms with Gasteiger partial charge in [-0.2, -0.15) is 0 Å². The number of ether oxygens (including phenoxy) is 1. The van der Waals surface area contributed by atoms with Gasteiger partial charge in [0, 0.05) is 16.5 Å². The van der Waals surface area contributed by atoms with Crippen molar-refractivity contribution in [1.82, 2.24) is 9.97 Å². The molecule has 2 unspecified atom stereocenters. The number of hydrogen-bond acceptors (Lipinski definition) is 7. The molecule has 3 heterocycles. The molecule has 2 N–H and O–H groups in total. The molecule has 4 aromatic rings. The molecule has 2 atom stereocenters. The number of Topliss-reactive ketones (excluding diaryl/α,β-unsaturated/α-hetero) is 1. The Morgan fingerprint density at radius 3 is 2.78 bits per heavy atom. The molecular weight excluding hydrogens is 506 g/mol. The average Bonchev–Trinajstić information content (AvgIpc) is 3.33. The number of nitrogens with one attached hydrogen (secondary N) is 2. The standard InChI is InChI=1S/C28H25N3O4S2/c1-14-25(33)29-21-12-19(9-10-22(21)35-14)24(32)15(2)37-28-30-26(34)23-20(13-36-27(23)31-28)18-8-7-16-5-3-4-6-17(16)11-18/h7-15H,3-6H2,1-2H3,(H,29,33)(H,30,31,34). The van der Waals surface area contributed by atoms with E-state index in [0.29, 0.717) is 32.4 Å². The molecule has 7 nitrogen and oxygen atoms in total. The Hall–Kier alpha value is -3.43. The SMILES string of the molecule is CC1Oc2ccc(C(=O)C(C)Sc3nc4scc(-c5ccc6c(c5)CCCC6)c4c(=O)[nH]3)cc2NC1=O. The molecule has 0 bridgehead atoms. The van der Waals surface area contributed by atoms with Crippen LogP contribution in [0.25, 0.3) is 21.3 Å². The van der Waals surface area contributed by atoms with E-state index in [1.165, 1.54) is 47.1 Å². The van der Waals surface area contributed by atoms with Crippen molar-refractivity contribution in [3.8, 4) is 16.9 Å². The molecule has 2 aromatic carbocycles. The van der Waals surface area contributed by atoms with Crippen LogP contribution < -0.4 is 15.6 Å². The summed E-state index contributed by atoms with van der Waals surface area (Å²) in [6, 6.07) is 11.5. The van der Waals surface area contributed by atoms with Crippen LogP contribution in [0.4, 0.5) is 5.69 Å². The molecule has 1 aliphatic heterocycles. The number of amides is 1. The van der Waals surface area contributed by atoms with E-state index in [-0.39, 0.29) is 17.2 Å². The number of aromatic amines is 1. The maximum absolute atomic E-state index is 13.1. The van der Waals surface area contributed by atoms with Crippen LogP contribution in [0.1, 0.15) is 48.2 Å². The van der Waals surface area contributed by atoms with Crippen molar-refractivity contribution in [2.45, 2.75) is 56.0 Å². The number of H-pyrrole nitrogens is 1. The van der Waals surface area contributed by atoms with Gasteiger partial charge in [-0.3, -0.25) is 14.4 Å². The van der Waals surface area contributed by atoms with E-state index < -0.39 is 11.4 Å². The van der Waals surface area contributed by atoms with Gasteiger partial charge in [-0.1, -0.05) is 30.0 Å². The van der Waals surface area contributed by atoms with E-state index in [1.807, 2.05) is 5.38 Å². The third-order valence-electron chi connectivity index (χ3n) is 6.93. The number of thioether (sulfide) groups is 1. The monoisotopic (exact) mass is 531 g/mol. The fraction of sp³-hybridized carbons (Fsp3) is 0.286. The van der Waals surface area contributed by atoms with Gasteiger partial charge in [0.25, 0.3) is 11.5 Å². The number of anilines is 1. The van der Waals surface area contributed by atoms with Crippen LogP contribution >= 0.6 is 23.1 Å². The molecule has 2 aliphatic rings. The normalized spacial score (nSPS) is 17.5. The zero-order valence-electron chi connectivity index (χ0n) is 20.4. The third kappa shape index (κ3) is 4.46. The van der Waals surface area contributed by atoms with Crippen LogP contribution in [-0.2, 0) is 17.6 Å². The predicted molar refractivity (Wildman–Crippen MR) is 147 cm³/mol. The molecule has 37 heavy (non-hydrogen) atoms. The molecule has 188 valence electrons. The summed E-state index contributed by atoms with van der Waals surface area (Å²) in [5.41, 5.74) is 5.44. The Morgan fingerprint density at radius 2 is 1.95 bits per heavy atom. The van der Waals surface area contributed by atoms with E-state index in [0.717, 1.165) is 24.0 Å². The van der Waals surface area contributed by atoms with Crippen molar-refractivity contribution in [2.24, 2.45) is 0 Å². The number of hydrogen-bond donors (Lipinski definition) is 2. The van der Waals surface area contributed by atoms with Crippen molar-refractivity contribution in [2.75, 3.05) is 5.32 Å². The topological polar surface area (TPSA) is 101 Å². The van der Waals surface area contributed by atoms with Gasteiger partial charge in [-0.25, -0.2) is 4.98 Å². The van der Waals surface area contributed by atoms with E-state index in [4.69, 9.17) is 4.74 Å². The first-order valence-corrected chi connectivity index (χ1v) is 14.1. The van der Waals surface area contributed by atoms with Crippen LogP contribution in [0.3, 0.4) is 0 Å².